The van der Waals surface area contributed by atoms with E-state index in [-0.39, 0.29) is 5.82 Å². The summed E-state index contributed by atoms with van der Waals surface area (Å²) in [5.74, 6) is -0.989. The van der Waals surface area contributed by atoms with Gasteiger partial charge in [-0.2, -0.15) is 4.57 Å². The number of halogens is 1. The van der Waals surface area contributed by atoms with E-state index in [1.165, 1.54) is 12.1 Å². The number of rotatable bonds is 4. The van der Waals surface area contributed by atoms with Crippen molar-refractivity contribution < 1.29 is 13.6 Å². The van der Waals surface area contributed by atoms with E-state index in [0.29, 0.717) is 30.5 Å². The van der Waals surface area contributed by atoms with Gasteiger partial charge in [0.2, 0.25) is 0 Å². The normalized spacial score (nSPS) is 10.8. The molecular formula is C17H15FN2O3. The van der Waals surface area contributed by atoms with Crippen LogP contribution < -0.4 is 11.1 Å². The topological polar surface area (TPSA) is 64.2 Å². The average Bonchev–Trinajstić information content (AvgIpc) is 2.87. The van der Waals surface area contributed by atoms with Crippen LogP contribution in [0.25, 0.3) is 11.1 Å². The predicted octanol–water partition coefficient (Wildman–Crippen LogP) is 2.92. The van der Waals surface area contributed by atoms with E-state index in [1.807, 2.05) is 6.07 Å². The quantitative estimate of drug-likeness (QED) is 0.753. The second kappa shape index (κ2) is 6.48. The third-order valence-electron chi connectivity index (χ3n) is 3.50. The van der Waals surface area contributed by atoms with Gasteiger partial charge in [0.15, 0.2) is 5.58 Å². The number of aryl methyl sites for hydroxylation is 1. The Balaban J connectivity index is 1.61. The van der Waals surface area contributed by atoms with Crippen molar-refractivity contribution in [1.29, 1.82) is 0 Å². The van der Waals surface area contributed by atoms with Crippen molar-refractivity contribution in [1.82, 2.24) is 9.88 Å². The van der Waals surface area contributed by atoms with Crippen LogP contribution in [0.1, 0.15) is 12.0 Å². The van der Waals surface area contributed by atoms with Crippen molar-refractivity contribution >= 4 is 17.1 Å². The number of nitrogens with zero attached hydrogens (tertiary/aromatic N) is 1. The molecule has 6 heteroatoms. The Morgan fingerprint density at radius 3 is 2.83 bits per heavy atom. The van der Waals surface area contributed by atoms with Crippen LogP contribution in [0.2, 0.25) is 0 Å². The molecule has 1 heterocycles. The highest BCUT2D eigenvalue weighted by molar-refractivity contribution is 5.87. The molecule has 0 unspecified atom stereocenters. The Hall–Kier alpha value is -2.89. The second-order valence-electron chi connectivity index (χ2n) is 5.14. The van der Waals surface area contributed by atoms with Gasteiger partial charge >= 0.3 is 11.8 Å². The molecule has 3 rings (SSSR count). The number of oxazole rings is 1. The van der Waals surface area contributed by atoms with Gasteiger partial charge in [-0.25, -0.2) is 14.0 Å². The highest BCUT2D eigenvalue weighted by atomic mass is 19.1. The fourth-order valence-corrected chi connectivity index (χ4v) is 2.42. The highest BCUT2D eigenvalue weighted by Gasteiger charge is 2.14. The number of aromatic nitrogens is 1. The monoisotopic (exact) mass is 314 g/mol. The van der Waals surface area contributed by atoms with E-state index in [1.54, 1.807) is 30.3 Å². The molecule has 1 amide bonds. The van der Waals surface area contributed by atoms with Crippen molar-refractivity contribution in [2.75, 3.05) is 6.54 Å². The lowest BCUT2D eigenvalue weighted by Gasteiger charge is -2.05. The SMILES string of the molecule is O=C(NCCCc1cccc(F)c1)n1c(=O)oc2ccccc21. The maximum atomic E-state index is 13.1. The zero-order chi connectivity index (χ0) is 16.2. The minimum Gasteiger partial charge on any atom is -0.407 e. The van der Waals surface area contributed by atoms with Gasteiger partial charge in [0.25, 0.3) is 0 Å². The molecule has 0 bridgehead atoms. The van der Waals surface area contributed by atoms with Crippen LogP contribution in [0.5, 0.6) is 0 Å². The third kappa shape index (κ3) is 3.31. The van der Waals surface area contributed by atoms with E-state index in [0.717, 1.165) is 10.1 Å². The summed E-state index contributed by atoms with van der Waals surface area (Å²) in [4.78, 5) is 23.9. The van der Waals surface area contributed by atoms with Crippen LogP contribution in [0.4, 0.5) is 9.18 Å². The van der Waals surface area contributed by atoms with E-state index < -0.39 is 11.8 Å². The molecule has 0 aliphatic rings. The van der Waals surface area contributed by atoms with Crippen LogP contribution in [0.15, 0.2) is 57.7 Å². The van der Waals surface area contributed by atoms with Gasteiger partial charge in [-0.3, -0.25) is 0 Å². The van der Waals surface area contributed by atoms with Gasteiger partial charge < -0.3 is 9.73 Å². The number of carbonyl (C=O) groups excluding carboxylic acids is 1. The molecular weight excluding hydrogens is 299 g/mol. The summed E-state index contributed by atoms with van der Waals surface area (Å²) in [5.41, 5.74) is 1.66. The molecule has 1 aromatic heterocycles. The number of nitrogens with one attached hydrogen (secondary N) is 1. The van der Waals surface area contributed by atoms with Crippen molar-refractivity contribution in [3.63, 3.8) is 0 Å². The van der Waals surface area contributed by atoms with E-state index in [2.05, 4.69) is 5.32 Å². The molecule has 0 saturated carbocycles. The Kier molecular flexibility index (Phi) is 4.23. The van der Waals surface area contributed by atoms with Gasteiger partial charge in [0.05, 0.1) is 5.52 Å². The highest BCUT2D eigenvalue weighted by Crippen LogP contribution is 2.11. The summed E-state index contributed by atoms with van der Waals surface area (Å²) in [7, 11) is 0. The molecule has 23 heavy (non-hydrogen) atoms. The molecule has 0 saturated heterocycles. The minimum atomic E-state index is -0.714. The number of hydrogen-bond donors (Lipinski definition) is 1. The summed E-state index contributed by atoms with van der Waals surface area (Å²) >= 11 is 0. The Morgan fingerprint density at radius 2 is 2.00 bits per heavy atom. The lowest BCUT2D eigenvalue weighted by atomic mass is 10.1. The van der Waals surface area contributed by atoms with Crippen molar-refractivity contribution in [3.05, 3.63) is 70.5 Å². The standard InChI is InChI=1S/C17H15FN2O3/c18-13-7-3-5-12(11-13)6-4-10-19-16(21)20-14-8-1-2-9-15(14)23-17(20)22/h1-3,5,7-9,11H,4,6,10H2,(H,19,21). The third-order valence-corrected chi connectivity index (χ3v) is 3.50. The largest absolute Gasteiger partial charge is 0.428 e. The summed E-state index contributed by atoms with van der Waals surface area (Å²) in [6.45, 7) is 0.376. The first-order valence-corrected chi connectivity index (χ1v) is 7.28. The van der Waals surface area contributed by atoms with E-state index in [9.17, 15) is 14.0 Å². The van der Waals surface area contributed by atoms with E-state index in [4.69, 9.17) is 4.42 Å². The smallest absolute Gasteiger partial charge is 0.407 e. The second-order valence-corrected chi connectivity index (χ2v) is 5.14. The molecule has 0 aliphatic carbocycles. The summed E-state index contributed by atoms with van der Waals surface area (Å²) < 4.78 is 19.0. The Labute approximate surface area is 131 Å². The molecule has 2 aromatic carbocycles. The zero-order valence-corrected chi connectivity index (χ0v) is 12.3. The molecule has 0 fully saturated rings. The lowest BCUT2D eigenvalue weighted by Crippen LogP contribution is -2.34. The molecule has 5 nitrogen and oxygen atoms in total. The van der Waals surface area contributed by atoms with Crippen LogP contribution in [0, 0.1) is 5.82 Å². The summed E-state index contributed by atoms with van der Waals surface area (Å²) in [6.07, 6.45) is 1.28. The van der Waals surface area contributed by atoms with Gasteiger partial charge in [0.1, 0.15) is 5.82 Å². The number of benzene rings is 2. The Morgan fingerprint density at radius 1 is 1.17 bits per heavy atom. The molecule has 0 spiro atoms. The zero-order valence-electron chi connectivity index (χ0n) is 12.3. The predicted molar refractivity (Wildman–Crippen MR) is 84.0 cm³/mol. The summed E-state index contributed by atoms with van der Waals surface area (Å²) in [6, 6.07) is 12.5. The van der Waals surface area contributed by atoms with Crippen LogP contribution >= 0.6 is 0 Å². The maximum Gasteiger partial charge on any atom is 0.428 e. The fourth-order valence-electron chi connectivity index (χ4n) is 2.42. The van der Waals surface area contributed by atoms with Crippen LogP contribution in [-0.2, 0) is 6.42 Å². The molecule has 0 aliphatic heterocycles. The molecule has 0 radical (unpaired) electrons. The number of carbonyl (C=O) groups is 1. The maximum absolute atomic E-state index is 13.1. The molecule has 0 atom stereocenters. The first-order chi connectivity index (χ1) is 11.1. The number of para-hydroxylation sites is 2. The van der Waals surface area contributed by atoms with Gasteiger partial charge in [-0.15, -0.1) is 0 Å². The van der Waals surface area contributed by atoms with Crippen molar-refractivity contribution in [2.45, 2.75) is 12.8 Å². The molecule has 3 aromatic rings. The number of amides is 1. The van der Waals surface area contributed by atoms with Crippen molar-refractivity contribution in [2.24, 2.45) is 0 Å². The number of fused-ring (bicyclic) bond motifs is 1. The average molecular weight is 314 g/mol. The van der Waals surface area contributed by atoms with Crippen LogP contribution in [0.3, 0.4) is 0 Å². The van der Waals surface area contributed by atoms with Crippen molar-refractivity contribution in [3.8, 4) is 0 Å². The molecule has 118 valence electrons. The first kappa shape index (κ1) is 15.0. The first-order valence-electron chi connectivity index (χ1n) is 7.28. The Bertz CT molecular complexity index is 898. The lowest BCUT2D eigenvalue weighted by molar-refractivity contribution is 0.241. The molecule has 1 N–H and O–H groups in total. The van der Waals surface area contributed by atoms with Gasteiger partial charge in [-0.05, 0) is 42.7 Å². The minimum absolute atomic E-state index is 0.275. The van der Waals surface area contributed by atoms with E-state index >= 15 is 0 Å². The van der Waals surface area contributed by atoms with Gasteiger partial charge in [-0.1, -0.05) is 24.3 Å². The van der Waals surface area contributed by atoms with Crippen LogP contribution in [-0.4, -0.2) is 17.1 Å². The number of hydrogen-bond acceptors (Lipinski definition) is 3. The van der Waals surface area contributed by atoms with Gasteiger partial charge in [0, 0.05) is 6.54 Å². The summed E-state index contributed by atoms with van der Waals surface area (Å²) in [5, 5.41) is 2.67. The fraction of sp³-hybridized carbons (Fsp3) is 0.176.